The highest BCUT2D eigenvalue weighted by atomic mass is 15.2. The molecule has 0 aliphatic carbocycles. The molecule has 1 saturated heterocycles. The molecule has 0 aromatic carbocycles. The fraction of sp³-hybridized carbons (Fsp3) is 1.00. The molecule has 0 amide bonds. The Morgan fingerprint density at radius 3 is 2.58 bits per heavy atom. The third-order valence-electron chi connectivity index (χ3n) is 2.75. The quantitative estimate of drug-likeness (QED) is 0.638. The lowest BCUT2D eigenvalue weighted by Crippen LogP contribution is -2.55. The highest BCUT2D eigenvalue weighted by Gasteiger charge is 2.28. The van der Waals surface area contributed by atoms with Crippen LogP contribution in [0.5, 0.6) is 0 Å². The third-order valence-corrected chi connectivity index (χ3v) is 2.75. The largest absolute Gasteiger partial charge is 0.311 e. The van der Waals surface area contributed by atoms with Crippen molar-refractivity contribution in [2.24, 2.45) is 5.41 Å². The lowest BCUT2D eigenvalue weighted by atomic mass is 9.85. The highest BCUT2D eigenvalue weighted by Crippen LogP contribution is 2.21. The summed E-state index contributed by atoms with van der Waals surface area (Å²) in [6, 6.07) is 0.659. The molecule has 1 atom stereocenters. The molecule has 72 valence electrons. The van der Waals surface area contributed by atoms with Gasteiger partial charge in [-0.2, -0.15) is 0 Å². The molecule has 1 aliphatic heterocycles. The van der Waals surface area contributed by atoms with Gasteiger partial charge in [0, 0.05) is 25.7 Å². The zero-order chi connectivity index (χ0) is 9.19. The van der Waals surface area contributed by atoms with Crippen LogP contribution in [0.15, 0.2) is 0 Å². The van der Waals surface area contributed by atoms with Gasteiger partial charge in [-0.25, -0.2) is 0 Å². The molecule has 0 unspecified atom stereocenters. The Balaban J connectivity index is 2.46. The Labute approximate surface area is 76.3 Å². The van der Waals surface area contributed by atoms with Gasteiger partial charge < -0.3 is 10.2 Å². The van der Waals surface area contributed by atoms with E-state index in [0.29, 0.717) is 11.5 Å². The predicted octanol–water partition coefficient (Wildman–Crippen LogP) is 1.33. The summed E-state index contributed by atoms with van der Waals surface area (Å²) in [5.41, 5.74) is 0.397. The molecule has 0 spiro atoms. The molecule has 0 aromatic heterocycles. The number of piperazine rings is 1. The van der Waals surface area contributed by atoms with Gasteiger partial charge in [-0.15, -0.1) is 0 Å². The van der Waals surface area contributed by atoms with E-state index < -0.39 is 0 Å². The zero-order valence-corrected chi connectivity index (χ0v) is 8.85. The van der Waals surface area contributed by atoms with Crippen molar-refractivity contribution in [2.45, 2.75) is 33.7 Å². The second kappa shape index (κ2) is 3.75. The second-order valence-corrected chi connectivity index (χ2v) is 4.77. The van der Waals surface area contributed by atoms with Crippen LogP contribution in [0.3, 0.4) is 0 Å². The molecule has 1 rings (SSSR count). The van der Waals surface area contributed by atoms with Gasteiger partial charge in [0.2, 0.25) is 0 Å². The van der Waals surface area contributed by atoms with Crippen molar-refractivity contribution in [2.75, 3.05) is 26.2 Å². The number of hydrogen-bond donors (Lipinski definition) is 1. The van der Waals surface area contributed by atoms with Crippen LogP contribution in [0.4, 0.5) is 0 Å². The van der Waals surface area contributed by atoms with Crippen LogP contribution in [0.25, 0.3) is 0 Å². The van der Waals surface area contributed by atoms with Crippen LogP contribution in [0, 0.1) is 5.41 Å². The van der Waals surface area contributed by atoms with Gasteiger partial charge in [0.15, 0.2) is 0 Å². The molecule has 1 aliphatic rings. The second-order valence-electron chi connectivity index (χ2n) is 4.77. The molecule has 0 aromatic rings. The topological polar surface area (TPSA) is 15.3 Å². The van der Waals surface area contributed by atoms with E-state index in [0.717, 1.165) is 6.54 Å². The minimum absolute atomic E-state index is 0.397. The number of hydrogen-bond acceptors (Lipinski definition) is 2. The van der Waals surface area contributed by atoms with Crippen molar-refractivity contribution in [3.8, 4) is 0 Å². The summed E-state index contributed by atoms with van der Waals surface area (Å²) in [7, 11) is 0. The van der Waals surface area contributed by atoms with Crippen molar-refractivity contribution < 1.29 is 0 Å². The Bertz CT molecular complexity index is 137. The van der Waals surface area contributed by atoms with Gasteiger partial charge in [0.05, 0.1) is 0 Å². The molecule has 0 saturated carbocycles. The molecule has 1 fully saturated rings. The number of rotatable bonds is 1. The molecule has 12 heavy (non-hydrogen) atoms. The van der Waals surface area contributed by atoms with Gasteiger partial charge >= 0.3 is 0 Å². The van der Waals surface area contributed by atoms with E-state index in [4.69, 9.17) is 0 Å². The Morgan fingerprint density at radius 2 is 2.08 bits per heavy atom. The number of nitrogens with zero attached hydrogens (tertiary/aromatic N) is 1. The first-order valence-electron chi connectivity index (χ1n) is 4.99. The predicted molar refractivity (Wildman–Crippen MR) is 53.4 cm³/mol. The molecule has 1 N–H and O–H groups in total. The summed E-state index contributed by atoms with van der Waals surface area (Å²) in [6.45, 7) is 13.9. The Morgan fingerprint density at radius 1 is 1.42 bits per heavy atom. The molecule has 1 heterocycles. The van der Waals surface area contributed by atoms with Crippen LogP contribution in [-0.2, 0) is 0 Å². The zero-order valence-electron chi connectivity index (χ0n) is 8.85. The minimum Gasteiger partial charge on any atom is -0.311 e. The first kappa shape index (κ1) is 10.0. The standard InChI is InChI=1S/C10H22N2/c1-5-12-7-6-11-9(8-12)10(2,3)4/h9,11H,5-8H2,1-4H3/t9-/m0/s1. The van der Waals surface area contributed by atoms with E-state index in [9.17, 15) is 0 Å². The Kier molecular flexibility index (Phi) is 3.13. The fourth-order valence-electron chi connectivity index (χ4n) is 1.68. The average Bonchev–Trinajstić information content (AvgIpc) is 2.03. The number of likely N-dealkylation sites (N-methyl/N-ethyl adjacent to an activating group) is 1. The van der Waals surface area contributed by atoms with Crippen LogP contribution in [0.2, 0.25) is 0 Å². The smallest absolute Gasteiger partial charge is 0.0243 e. The fourth-order valence-corrected chi connectivity index (χ4v) is 1.68. The van der Waals surface area contributed by atoms with Crippen molar-refractivity contribution in [1.29, 1.82) is 0 Å². The molecular formula is C10H22N2. The van der Waals surface area contributed by atoms with Crippen LogP contribution in [0.1, 0.15) is 27.7 Å². The summed E-state index contributed by atoms with van der Waals surface area (Å²) in [4.78, 5) is 2.52. The van der Waals surface area contributed by atoms with Gasteiger partial charge in [0.25, 0.3) is 0 Å². The lowest BCUT2D eigenvalue weighted by molar-refractivity contribution is 0.139. The first-order chi connectivity index (χ1) is 5.54. The van der Waals surface area contributed by atoms with E-state index in [1.807, 2.05) is 0 Å². The van der Waals surface area contributed by atoms with Gasteiger partial charge in [-0.05, 0) is 12.0 Å². The normalized spacial score (nSPS) is 27.5. The third kappa shape index (κ3) is 2.46. The Hall–Kier alpha value is -0.0800. The first-order valence-corrected chi connectivity index (χ1v) is 4.99. The van der Waals surface area contributed by atoms with Crippen LogP contribution < -0.4 is 5.32 Å². The van der Waals surface area contributed by atoms with Crippen LogP contribution >= 0.6 is 0 Å². The summed E-state index contributed by atoms with van der Waals surface area (Å²) < 4.78 is 0. The van der Waals surface area contributed by atoms with E-state index in [2.05, 4.69) is 37.9 Å². The monoisotopic (exact) mass is 170 g/mol. The van der Waals surface area contributed by atoms with Gasteiger partial charge in [-0.1, -0.05) is 27.7 Å². The van der Waals surface area contributed by atoms with Crippen molar-refractivity contribution in [3.05, 3.63) is 0 Å². The van der Waals surface area contributed by atoms with Crippen molar-refractivity contribution in [1.82, 2.24) is 10.2 Å². The van der Waals surface area contributed by atoms with Crippen molar-refractivity contribution >= 4 is 0 Å². The molecule has 2 heteroatoms. The maximum Gasteiger partial charge on any atom is 0.0243 e. The highest BCUT2D eigenvalue weighted by molar-refractivity contribution is 4.86. The molecule has 2 nitrogen and oxygen atoms in total. The maximum absolute atomic E-state index is 3.58. The SMILES string of the molecule is CCN1CCN[C@H](C(C)(C)C)C1. The lowest BCUT2D eigenvalue weighted by Gasteiger charge is -2.40. The van der Waals surface area contributed by atoms with Crippen LogP contribution in [-0.4, -0.2) is 37.1 Å². The molecule has 0 radical (unpaired) electrons. The molecular weight excluding hydrogens is 148 g/mol. The minimum atomic E-state index is 0.397. The van der Waals surface area contributed by atoms with Gasteiger partial charge in [-0.3, -0.25) is 0 Å². The summed E-state index contributed by atoms with van der Waals surface area (Å²) >= 11 is 0. The van der Waals surface area contributed by atoms with Gasteiger partial charge in [0.1, 0.15) is 0 Å². The summed E-state index contributed by atoms with van der Waals surface area (Å²) in [5, 5.41) is 3.58. The van der Waals surface area contributed by atoms with E-state index in [-0.39, 0.29) is 0 Å². The average molecular weight is 170 g/mol. The summed E-state index contributed by atoms with van der Waals surface area (Å²) in [5.74, 6) is 0. The maximum atomic E-state index is 3.58. The number of nitrogens with one attached hydrogen (secondary N) is 1. The van der Waals surface area contributed by atoms with E-state index >= 15 is 0 Å². The van der Waals surface area contributed by atoms with Crippen molar-refractivity contribution in [3.63, 3.8) is 0 Å². The molecule has 0 bridgehead atoms. The van der Waals surface area contributed by atoms with E-state index in [1.54, 1.807) is 0 Å². The van der Waals surface area contributed by atoms with E-state index in [1.165, 1.54) is 19.6 Å². The summed E-state index contributed by atoms with van der Waals surface area (Å²) in [6.07, 6.45) is 0.